The molecule has 2 unspecified atom stereocenters. The molecular weight excluding hydrogens is 462 g/mol. The molecule has 5 aromatic rings. The van der Waals surface area contributed by atoms with E-state index in [9.17, 15) is 4.79 Å². The number of nitrogens with one attached hydrogen (secondary N) is 2. The minimum Gasteiger partial charge on any atom is -0.356 e. The predicted octanol–water partition coefficient (Wildman–Crippen LogP) is 6.46. The van der Waals surface area contributed by atoms with Gasteiger partial charge in [0.05, 0.1) is 11.4 Å². The third-order valence-corrected chi connectivity index (χ3v) is 7.94. The SMILES string of the molecule is Cc1ccccc1C1c2c([nH]c3ccccc23)C(=S)NC12C(=O)N(c1ccccc1)c1ccccc12. The number of aromatic nitrogens is 1. The molecule has 3 heterocycles. The van der Waals surface area contributed by atoms with Gasteiger partial charge in [-0.2, -0.15) is 0 Å². The van der Waals surface area contributed by atoms with E-state index in [1.807, 2.05) is 71.6 Å². The topological polar surface area (TPSA) is 48.1 Å². The second kappa shape index (κ2) is 7.64. The zero-order chi connectivity index (χ0) is 24.4. The molecule has 36 heavy (non-hydrogen) atoms. The first kappa shape index (κ1) is 21.1. The smallest absolute Gasteiger partial charge is 0.262 e. The van der Waals surface area contributed by atoms with E-state index < -0.39 is 5.54 Å². The van der Waals surface area contributed by atoms with Crippen LogP contribution in [0.15, 0.2) is 103 Å². The number of aromatic amines is 1. The molecule has 4 aromatic carbocycles. The molecule has 0 bridgehead atoms. The zero-order valence-electron chi connectivity index (χ0n) is 19.7. The first-order valence-corrected chi connectivity index (χ1v) is 12.5. The van der Waals surface area contributed by atoms with Crippen molar-refractivity contribution in [2.24, 2.45) is 0 Å². The van der Waals surface area contributed by atoms with Gasteiger partial charge in [0.2, 0.25) is 0 Å². The lowest BCUT2D eigenvalue weighted by Gasteiger charge is -2.43. The second-order valence-corrected chi connectivity index (χ2v) is 9.91. The summed E-state index contributed by atoms with van der Waals surface area (Å²) in [4.78, 5) is 20.8. The summed E-state index contributed by atoms with van der Waals surface area (Å²) in [6.07, 6.45) is 0. The van der Waals surface area contributed by atoms with Crippen LogP contribution in [0.2, 0.25) is 0 Å². The van der Waals surface area contributed by atoms with Crippen LogP contribution in [0.4, 0.5) is 11.4 Å². The molecule has 174 valence electrons. The third-order valence-electron chi connectivity index (χ3n) is 7.63. The summed E-state index contributed by atoms with van der Waals surface area (Å²) < 4.78 is 0. The lowest BCUT2D eigenvalue weighted by Crippen LogP contribution is -2.59. The normalized spacial score (nSPS) is 20.5. The fraction of sp³-hybridized carbons (Fsp3) is 0.0968. The second-order valence-electron chi connectivity index (χ2n) is 9.50. The number of benzene rings is 4. The van der Waals surface area contributed by atoms with Gasteiger partial charge in [0.25, 0.3) is 5.91 Å². The first-order chi connectivity index (χ1) is 17.6. The lowest BCUT2D eigenvalue weighted by molar-refractivity contribution is -0.123. The molecule has 0 saturated carbocycles. The Bertz CT molecular complexity index is 1690. The summed E-state index contributed by atoms with van der Waals surface area (Å²) in [7, 11) is 0. The average Bonchev–Trinajstić information content (AvgIpc) is 3.41. The summed E-state index contributed by atoms with van der Waals surface area (Å²) in [6.45, 7) is 2.12. The molecule has 1 spiro atoms. The summed E-state index contributed by atoms with van der Waals surface area (Å²) in [6, 6.07) is 34.6. The summed E-state index contributed by atoms with van der Waals surface area (Å²) in [5.41, 5.74) is 6.78. The van der Waals surface area contributed by atoms with E-state index in [0.29, 0.717) is 4.99 Å². The molecule has 5 heteroatoms. The Morgan fingerprint density at radius 1 is 0.833 bits per heavy atom. The number of anilines is 2. The number of H-pyrrole nitrogens is 1. The number of hydrogen-bond donors (Lipinski definition) is 2. The minimum absolute atomic E-state index is 0.0264. The average molecular weight is 486 g/mol. The number of fused-ring (bicyclic) bond motifs is 5. The highest BCUT2D eigenvalue weighted by Gasteiger charge is 2.60. The molecule has 4 nitrogen and oxygen atoms in total. The highest BCUT2D eigenvalue weighted by atomic mass is 32.1. The van der Waals surface area contributed by atoms with Crippen molar-refractivity contribution >= 4 is 45.4 Å². The van der Waals surface area contributed by atoms with Crippen molar-refractivity contribution in [3.8, 4) is 0 Å². The van der Waals surface area contributed by atoms with E-state index in [1.165, 1.54) is 0 Å². The van der Waals surface area contributed by atoms with E-state index in [-0.39, 0.29) is 11.8 Å². The molecule has 0 radical (unpaired) electrons. The predicted molar refractivity (Wildman–Crippen MR) is 148 cm³/mol. The van der Waals surface area contributed by atoms with Gasteiger partial charge in [0.1, 0.15) is 4.99 Å². The maximum Gasteiger partial charge on any atom is 0.262 e. The first-order valence-electron chi connectivity index (χ1n) is 12.1. The van der Waals surface area contributed by atoms with Gasteiger partial charge in [-0.05, 0) is 47.9 Å². The maximum atomic E-state index is 14.8. The van der Waals surface area contributed by atoms with Gasteiger partial charge in [0.15, 0.2) is 5.54 Å². The van der Waals surface area contributed by atoms with Crippen LogP contribution in [0.25, 0.3) is 10.9 Å². The number of hydrogen-bond acceptors (Lipinski definition) is 2. The lowest BCUT2D eigenvalue weighted by atomic mass is 9.68. The molecular formula is C31H23N3OS. The van der Waals surface area contributed by atoms with E-state index in [0.717, 1.165) is 50.2 Å². The van der Waals surface area contributed by atoms with Gasteiger partial charge in [0, 0.05) is 28.1 Å². The van der Waals surface area contributed by atoms with Crippen molar-refractivity contribution in [1.29, 1.82) is 0 Å². The van der Waals surface area contributed by atoms with E-state index in [4.69, 9.17) is 12.2 Å². The summed E-state index contributed by atoms with van der Waals surface area (Å²) in [5.74, 6) is -0.319. The monoisotopic (exact) mass is 485 g/mol. The largest absolute Gasteiger partial charge is 0.356 e. The Hall–Kier alpha value is -4.22. The zero-order valence-corrected chi connectivity index (χ0v) is 20.5. The molecule has 1 aromatic heterocycles. The molecule has 2 aliphatic heterocycles. The van der Waals surface area contributed by atoms with Crippen LogP contribution in [0.1, 0.15) is 33.9 Å². The highest BCUT2D eigenvalue weighted by Crippen LogP contribution is 2.56. The fourth-order valence-corrected chi connectivity index (χ4v) is 6.43. The van der Waals surface area contributed by atoms with Crippen molar-refractivity contribution in [3.05, 3.63) is 131 Å². The Morgan fingerprint density at radius 2 is 1.53 bits per heavy atom. The molecule has 7 rings (SSSR count). The number of carbonyl (C=O) groups is 1. The van der Waals surface area contributed by atoms with Crippen molar-refractivity contribution in [1.82, 2.24) is 10.3 Å². The van der Waals surface area contributed by atoms with Gasteiger partial charge < -0.3 is 10.3 Å². The molecule has 0 saturated heterocycles. The third kappa shape index (κ3) is 2.69. The van der Waals surface area contributed by atoms with Crippen LogP contribution in [0.3, 0.4) is 0 Å². The molecule has 2 N–H and O–H groups in total. The molecule has 0 aliphatic carbocycles. The number of carbonyl (C=O) groups excluding carboxylic acids is 1. The number of nitrogens with zero attached hydrogens (tertiary/aromatic N) is 1. The Labute approximate surface area is 214 Å². The summed E-state index contributed by atoms with van der Waals surface area (Å²) in [5, 5.41) is 4.69. The van der Waals surface area contributed by atoms with Crippen molar-refractivity contribution in [3.63, 3.8) is 0 Å². The number of amides is 1. The molecule has 1 amide bonds. The van der Waals surface area contributed by atoms with Crippen LogP contribution < -0.4 is 10.2 Å². The molecule has 2 atom stereocenters. The van der Waals surface area contributed by atoms with Crippen LogP contribution in [0, 0.1) is 6.92 Å². The van der Waals surface area contributed by atoms with Crippen molar-refractivity contribution in [2.45, 2.75) is 18.4 Å². The van der Waals surface area contributed by atoms with Gasteiger partial charge in [-0.25, -0.2) is 0 Å². The molecule has 2 aliphatic rings. The maximum absolute atomic E-state index is 14.8. The van der Waals surface area contributed by atoms with Crippen LogP contribution in [0.5, 0.6) is 0 Å². The Morgan fingerprint density at radius 3 is 2.36 bits per heavy atom. The van der Waals surface area contributed by atoms with E-state index in [2.05, 4.69) is 53.6 Å². The molecule has 0 fully saturated rings. The van der Waals surface area contributed by atoms with Crippen LogP contribution in [-0.2, 0) is 10.3 Å². The van der Waals surface area contributed by atoms with Crippen molar-refractivity contribution in [2.75, 3.05) is 4.90 Å². The Kier molecular flexibility index (Phi) is 4.48. The number of para-hydroxylation sites is 3. The van der Waals surface area contributed by atoms with Crippen molar-refractivity contribution < 1.29 is 4.79 Å². The van der Waals surface area contributed by atoms with Gasteiger partial charge >= 0.3 is 0 Å². The summed E-state index contributed by atoms with van der Waals surface area (Å²) >= 11 is 5.97. The van der Waals surface area contributed by atoms with Gasteiger partial charge in [-0.1, -0.05) is 91.1 Å². The number of aryl methyl sites for hydroxylation is 1. The van der Waals surface area contributed by atoms with Gasteiger partial charge in [-0.15, -0.1) is 0 Å². The standard InChI is InChI=1S/C31H23N3OS/c1-19-11-5-6-14-21(19)27-26-22-15-7-9-17-24(22)32-28(26)29(36)33-31(27)23-16-8-10-18-25(23)34(30(31)35)20-12-3-2-4-13-20/h2-18,27,32H,1H3,(H,33,36). The number of rotatable bonds is 2. The fourth-order valence-electron chi connectivity index (χ4n) is 6.11. The quantitative estimate of drug-likeness (QED) is 0.282. The Balaban J connectivity index is 1.60. The van der Waals surface area contributed by atoms with Gasteiger partial charge in [-0.3, -0.25) is 9.69 Å². The number of thiocarbonyl (C=S) groups is 1. The minimum atomic E-state index is -1.09. The van der Waals surface area contributed by atoms with E-state index >= 15 is 0 Å². The van der Waals surface area contributed by atoms with Crippen LogP contribution in [-0.4, -0.2) is 15.9 Å². The van der Waals surface area contributed by atoms with Crippen LogP contribution >= 0.6 is 12.2 Å². The van der Waals surface area contributed by atoms with E-state index in [1.54, 1.807) is 0 Å². The highest BCUT2D eigenvalue weighted by molar-refractivity contribution is 7.80.